The summed E-state index contributed by atoms with van der Waals surface area (Å²) in [5.41, 5.74) is 3.66. The summed E-state index contributed by atoms with van der Waals surface area (Å²) >= 11 is 5.74. The third kappa shape index (κ3) is 6.53. The Balaban J connectivity index is 1.42. The number of hydrogen-bond donors (Lipinski definition) is 2. The Hall–Kier alpha value is -4.33. The van der Waals surface area contributed by atoms with Gasteiger partial charge in [0, 0.05) is 30.1 Å². The quantitative estimate of drug-likeness (QED) is 0.203. The Morgan fingerprint density at radius 3 is 2.29 bits per heavy atom. The minimum absolute atomic E-state index is 0.213. The molecule has 10 heteroatoms. The highest BCUT2D eigenvalue weighted by molar-refractivity contribution is 7.81. The molecule has 3 aromatic rings. The van der Waals surface area contributed by atoms with E-state index in [1.807, 2.05) is 54.6 Å². The Labute approximate surface area is 244 Å². The summed E-state index contributed by atoms with van der Waals surface area (Å²) in [4.78, 5) is 27.1. The molecular weight excluding hydrogens is 543 g/mol. The number of carboxylic acid groups (broad SMARTS) is 1. The first-order valence-electron chi connectivity index (χ1n) is 13.2. The lowest BCUT2D eigenvalue weighted by Gasteiger charge is -2.29. The van der Waals surface area contributed by atoms with E-state index in [-0.39, 0.29) is 28.8 Å². The van der Waals surface area contributed by atoms with Crippen molar-refractivity contribution in [3.8, 4) is 17.2 Å². The van der Waals surface area contributed by atoms with Gasteiger partial charge < -0.3 is 20.1 Å². The number of hydrogen-bond acceptors (Lipinski definition) is 6. The van der Waals surface area contributed by atoms with Crippen molar-refractivity contribution < 1.29 is 23.8 Å². The van der Waals surface area contributed by atoms with Gasteiger partial charge >= 0.3 is 5.97 Å². The van der Waals surface area contributed by atoms with Crippen LogP contribution < -0.4 is 15.1 Å². The van der Waals surface area contributed by atoms with Gasteiger partial charge in [-0.2, -0.15) is 5.26 Å². The summed E-state index contributed by atoms with van der Waals surface area (Å²) in [6, 6.07) is 22.4. The third-order valence-corrected chi connectivity index (χ3v) is 7.26. The van der Waals surface area contributed by atoms with Crippen LogP contribution in [0.3, 0.4) is 0 Å². The summed E-state index contributed by atoms with van der Waals surface area (Å²) in [5, 5.41) is 21.4. The number of aliphatic carboxylic acids is 1. The number of nitriles is 1. The lowest BCUT2D eigenvalue weighted by atomic mass is 10.0. The topological polar surface area (TPSA) is 106 Å². The van der Waals surface area contributed by atoms with Gasteiger partial charge in [0.25, 0.3) is 5.91 Å². The molecule has 0 bridgehead atoms. The summed E-state index contributed by atoms with van der Waals surface area (Å²) in [5.74, 6) is -1.20. The van der Waals surface area contributed by atoms with Crippen LogP contribution in [0.2, 0.25) is 0 Å². The van der Waals surface area contributed by atoms with Crippen LogP contribution in [0.15, 0.2) is 66.7 Å². The molecule has 2 N–H and O–H groups in total. The highest BCUT2D eigenvalue weighted by Gasteiger charge is 2.50. The lowest BCUT2D eigenvalue weighted by molar-refractivity contribution is -0.142. The van der Waals surface area contributed by atoms with Crippen molar-refractivity contribution >= 4 is 46.3 Å². The van der Waals surface area contributed by atoms with Gasteiger partial charge in [-0.25, -0.2) is 9.18 Å². The van der Waals surface area contributed by atoms with Crippen molar-refractivity contribution in [3.63, 3.8) is 0 Å². The number of unbranched alkanes of at least 4 members (excludes halogenated alkanes) is 1. The molecule has 0 aliphatic carbocycles. The number of nitrogens with one attached hydrogen (secondary N) is 1. The minimum Gasteiger partial charge on any atom is -0.480 e. The molecule has 1 aliphatic heterocycles. The van der Waals surface area contributed by atoms with Crippen LogP contribution in [0, 0.1) is 11.3 Å². The molecule has 1 heterocycles. The van der Waals surface area contributed by atoms with Gasteiger partial charge in [0.2, 0.25) is 0 Å². The Kier molecular flexibility index (Phi) is 9.32. The predicted molar refractivity (Wildman–Crippen MR) is 161 cm³/mol. The Bertz CT molecular complexity index is 1470. The molecule has 3 aromatic carbocycles. The number of alkyl halides is 1. The number of nitrogens with zero attached hydrogens (tertiary/aromatic N) is 3. The highest BCUT2D eigenvalue weighted by atomic mass is 32.1. The zero-order valence-corrected chi connectivity index (χ0v) is 23.7. The SMILES string of the molecule is CC1(C)C(=O)N(c2ccc(C#N)c(CF)c2)C(=S)N1c1ccc(-c2ccc(NCCCCOCC(=O)O)cc2)cc1. The maximum atomic E-state index is 13.5. The van der Waals surface area contributed by atoms with Crippen molar-refractivity contribution in [1.82, 2.24) is 0 Å². The van der Waals surface area contributed by atoms with Gasteiger partial charge in [0.1, 0.15) is 18.8 Å². The van der Waals surface area contributed by atoms with E-state index in [1.54, 1.807) is 24.8 Å². The maximum Gasteiger partial charge on any atom is 0.329 e. The smallest absolute Gasteiger partial charge is 0.329 e. The van der Waals surface area contributed by atoms with Gasteiger partial charge in [0.15, 0.2) is 5.11 Å². The van der Waals surface area contributed by atoms with Crippen LogP contribution in [0.1, 0.15) is 37.8 Å². The number of benzene rings is 3. The van der Waals surface area contributed by atoms with Gasteiger partial charge in [-0.05, 0) is 92.5 Å². The van der Waals surface area contributed by atoms with Crippen LogP contribution in [0.4, 0.5) is 21.5 Å². The van der Waals surface area contributed by atoms with Crippen molar-refractivity contribution in [1.29, 1.82) is 5.26 Å². The first-order valence-corrected chi connectivity index (χ1v) is 13.6. The first kappa shape index (κ1) is 29.6. The molecule has 8 nitrogen and oxygen atoms in total. The minimum atomic E-state index is -0.974. The molecule has 1 fully saturated rings. The second-order valence-corrected chi connectivity index (χ2v) is 10.5. The fourth-order valence-electron chi connectivity index (χ4n) is 4.70. The zero-order chi connectivity index (χ0) is 29.6. The summed E-state index contributed by atoms with van der Waals surface area (Å²) < 4.78 is 18.6. The summed E-state index contributed by atoms with van der Waals surface area (Å²) in [6.45, 7) is 3.68. The lowest BCUT2D eigenvalue weighted by Crippen LogP contribution is -2.44. The van der Waals surface area contributed by atoms with E-state index >= 15 is 0 Å². The number of ether oxygens (including phenoxy) is 1. The third-order valence-electron chi connectivity index (χ3n) is 6.89. The van der Waals surface area contributed by atoms with Gasteiger partial charge in [-0.1, -0.05) is 24.3 Å². The molecule has 4 rings (SSSR count). The highest BCUT2D eigenvalue weighted by Crippen LogP contribution is 2.37. The number of halogens is 1. The van der Waals surface area contributed by atoms with Crippen molar-refractivity contribution in [2.45, 2.75) is 38.9 Å². The zero-order valence-electron chi connectivity index (χ0n) is 22.9. The number of thiocarbonyl (C=S) groups is 1. The fraction of sp³-hybridized carbons (Fsp3) is 0.290. The van der Waals surface area contributed by atoms with Gasteiger partial charge in [-0.3, -0.25) is 9.69 Å². The summed E-state index contributed by atoms with van der Waals surface area (Å²) in [6.07, 6.45) is 1.64. The normalized spacial score (nSPS) is 14.3. The van der Waals surface area contributed by atoms with Crippen LogP contribution in [0.5, 0.6) is 0 Å². The fourth-order valence-corrected chi connectivity index (χ4v) is 5.22. The molecule has 0 aromatic heterocycles. The van der Waals surface area contributed by atoms with E-state index in [2.05, 4.69) is 5.32 Å². The molecule has 1 saturated heterocycles. The van der Waals surface area contributed by atoms with Gasteiger partial charge in [0.05, 0.1) is 17.3 Å². The second-order valence-electron chi connectivity index (χ2n) is 10.1. The van der Waals surface area contributed by atoms with Crippen molar-refractivity contribution in [2.75, 3.05) is 34.9 Å². The maximum absolute atomic E-state index is 13.5. The number of carbonyl (C=O) groups excluding carboxylic acids is 1. The number of anilines is 3. The summed E-state index contributed by atoms with van der Waals surface area (Å²) in [7, 11) is 0. The molecule has 1 aliphatic rings. The number of rotatable bonds is 12. The van der Waals surface area contributed by atoms with Crippen LogP contribution in [0.25, 0.3) is 11.1 Å². The molecule has 0 radical (unpaired) electrons. The standard InChI is InChI=1S/C31H31FN4O4S/c1-31(2)29(39)35(27-14-9-23(19-33)24(17-27)18-32)30(41)36(31)26-12-7-22(8-13-26)21-5-10-25(11-6-21)34-15-3-4-16-40-20-28(37)38/h5-14,17,34H,3-4,15-16,18,20H2,1-2H3,(H,37,38). The molecular formula is C31H31FN4O4S. The average molecular weight is 575 g/mol. The number of amides is 1. The van der Waals surface area contributed by atoms with Crippen LogP contribution in [-0.4, -0.2) is 47.4 Å². The molecule has 0 unspecified atom stereocenters. The van der Waals surface area contributed by atoms with E-state index in [9.17, 15) is 19.2 Å². The Morgan fingerprint density at radius 2 is 1.68 bits per heavy atom. The molecule has 0 spiro atoms. The van der Waals surface area contributed by atoms with Crippen molar-refractivity contribution in [2.24, 2.45) is 0 Å². The number of carboxylic acids is 1. The molecule has 0 atom stereocenters. The van der Waals surface area contributed by atoms with E-state index in [4.69, 9.17) is 22.1 Å². The number of carbonyl (C=O) groups is 2. The average Bonchev–Trinajstić information content (AvgIpc) is 3.15. The molecule has 0 saturated carbocycles. The van der Waals surface area contributed by atoms with Gasteiger partial charge in [-0.15, -0.1) is 0 Å². The van der Waals surface area contributed by atoms with E-state index in [0.717, 1.165) is 41.9 Å². The second kappa shape index (κ2) is 12.9. The molecule has 212 valence electrons. The van der Waals surface area contributed by atoms with E-state index < -0.39 is 18.2 Å². The van der Waals surface area contributed by atoms with Crippen LogP contribution >= 0.6 is 12.2 Å². The molecule has 41 heavy (non-hydrogen) atoms. The monoisotopic (exact) mass is 574 g/mol. The first-order chi connectivity index (χ1) is 19.7. The van der Waals surface area contributed by atoms with Crippen LogP contribution in [-0.2, 0) is 21.0 Å². The van der Waals surface area contributed by atoms with E-state index in [0.29, 0.717) is 12.3 Å². The van der Waals surface area contributed by atoms with Crippen molar-refractivity contribution in [3.05, 3.63) is 77.9 Å². The molecule has 1 amide bonds. The Morgan fingerprint density at radius 1 is 1.05 bits per heavy atom. The predicted octanol–water partition coefficient (Wildman–Crippen LogP) is 5.90. The van der Waals surface area contributed by atoms with E-state index in [1.165, 1.54) is 17.0 Å². The largest absolute Gasteiger partial charge is 0.480 e.